The van der Waals surface area contributed by atoms with Gasteiger partial charge in [0.15, 0.2) is 5.78 Å². The van der Waals surface area contributed by atoms with Gasteiger partial charge in [-0.2, -0.15) is 0 Å². The quantitative estimate of drug-likeness (QED) is 0.645. The highest BCUT2D eigenvalue weighted by Gasteiger charge is 2.09. The lowest BCUT2D eigenvalue weighted by atomic mass is 10.0. The molecule has 0 saturated heterocycles. The van der Waals surface area contributed by atoms with Crippen molar-refractivity contribution >= 4 is 30.0 Å². The predicted molar refractivity (Wildman–Crippen MR) is 77.8 cm³/mol. The number of halogens is 1. The van der Waals surface area contributed by atoms with Gasteiger partial charge in [0.1, 0.15) is 0 Å². The molecule has 2 rings (SSSR count). The first-order valence-electron chi connectivity index (χ1n) is 5.72. The van der Waals surface area contributed by atoms with Gasteiger partial charge in [0.25, 0.3) is 0 Å². The highest BCUT2D eigenvalue weighted by atomic mass is 35.5. The van der Waals surface area contributed by atoms with E-state index in [1.807, 2.05) is 30.3 Å². The molecule has 2 aromatic carbocycles. The number of hydrogen-bond acceptors (Lipinski definition) is 2. The average Bonchev–Trinajstić information content (AvgIpc) is 2.37. The molecule has 0 N–H and O–H groups in total. The molecule has 0 radical (unpaired) electrons. The van der Waals surface area contributed by atoms with Gasteiger partial charge in [-0.3, -0.25) is 4.79 Å². The van der Waals surface area contributed by atoms with E-state index in [4.69, 9.17) is 11.6 Å². The Kier molecular flexibility index (Phi) is 4.45. The molecule has 1 nitrogen and oxygen atoms in total. The number of hydrogen-bond donors (Lipinski definition) is 1. The van der Waals surface area contributed by atoms with Crippen LogP contribution in [-0.2, 0) is 6.42 Å². The maximum Gasteiger partial charge on any atom is 0.164 e. The Morgan fingerprint density at radius 2 is 1.83 bits per heavy atom. The van der Waals surface area contributed by atoms with Crippen LogP contribution in [0.5, 0.6) is 0 Å². The monoisotopic (exact) mass is 276 g/mol. The van der Waals surface area contributed by atoms with Crippen molar-refractivity contribution in [3.8, 4) is 0 Å². The Morgan fingerprint density at radius 3 is 2.50 bits per heavy atom. The molecule has 0 spiro atoms. The average molecular weight is 277 g/mol. The van der Waals surface area contributed by atoms with Crippen molar-refractivity contribution in [2.75, 3.05) is 0 Å². The molecule has 0 bridgehead atoms. The molecule has 18 heavy (non-hydrogen) atoms. The number of aryl methyl sites for hydroxylation is 1. The molecule has 0 atom stereocenters. The molecule has 0 aliphatic rings. The number of benzene rings is 2. The van der Waals surface area contributed by atoms with Crippen LogP contribution in [0.1, 0.15) is 22.3 Å². The minimum atomic E-state index is 0.0977. The second-order valence-corrected chi connectivity index (χ2v) is 4.99. The van der Waals surface area contributed by atoms with E-state index >= 15 is 0 Å². The van der Waals surface area contributed by atoms with Crippen LogP contribution in [0, 0.1) is 0 Å². The van der Waals surface area contributed by atoms with Gasteiger partial charge in [0, 0.05) is 21.9 Å². The van der Waals surface area contributed by atoms with Crippen LogP contribution in [-0.4, -0.2) is 5.78 Å². The van der Waals surface area contributed by atoms with E-state index in [9.17, 15) is 4.79 Å². The summed E-state index contributed by atoms with van der Waals surface area (Å²) in [7, 11) is 0. The Balaban J connectivity index is 2.04. The van der Waals surface area contributed by atoms with Crippen molar-refractivity contribution < 1.29 is 4.79 Å². The van der Waals surface area contributed by atoms with Gasteiger partial charge in [-0.15, -0.1) is 12.6 Å². The molecule has 92 valence electrons. The first-order valence-corrected chi connectivity index (χ1v) is 6.55. The molecule has 0 saturated carbocycles. The van der Waals surface area contributed by atoms with E-state index in [1.165, 1.54) is 5.56 Å². The largest absolute Gasteiger partial charge is 0.294 e. The molecular formula is C15H13ClOS. The SMILES string of the molecule is O=C(CCc1ccccc1)c1ccc(Cl)cc1S. The van der Waals surface area contributed by atoms with Crippen LogP contribution >= 0.6 is 24.2 Å². The molecule has 3 heteroatoms. The fourth-order valence-electron chi connectivity index (χ4n) is 1.78. The summed E-state index contributed by atoms with van der Waals surface area (Å²) in [5.74, 6) is 0.0977. The minimum absolute atomic E-state index is 0.0977. The zero-order valence-corrected chi connectivity index (χ0v) is 11.4. The lowest BCUT2D eigenvalue weighted by molar-refractivity contribution is 0.0980. The Morgan fingerprint density at radius 1 is 1.11 bits per heavy atom. The fraction of sp³-hybridized carbons (Fsp3) is 0.133. The standard InChI is InChI=1S/C15H13ClOS/c16-12-7-8-13(15(18)10-12)14(17)9-6-11-4-2-1-3-5-11/h1-5,7-8,10,18H,6,9H2. The molecule has 0 unspecified atom stereocenters. The highest BCUT2D eigenvalue weighted by molar-refractivity contribution is 7.80. The summed E-state index contributed by atoms with van der Waals surface area (Å²) in [5.41, 5.74) is 1.80. The molecule has 0 aromatic heterocycles. The van der Waals surface area contributed by atoms with E-state index in [-0.39, 0.29) is 5.78 Å². The summed E-state index contributed by atoms with van der Waals surface area (Å²) >= 11 is 10.1. The molecular weight excluding hydrogens is 264 g/mol. The zero-order valence-electron chi connectivity index (χ0n) is 9.77. The first-order chi connectivity index (χ1) is 8.66. The molecule has 0 amide bonds. The van der Waals surface area contributed by atoms with Crippen LogP contribution in [0.4, 0.5) is 0 Å². The van der Waals surface area contributed by atoms with E-state index < -0.39 is 0 Å². The smallest absolute Gasteiger partial charge is 0.164 e. The van der Waals surface area contributed by atoms with Crippen molar-refractivity contribution in [1.29, 1.82) is 0 Å². The van der Waals surface area contributed by atoms with E-state index in [0.717, 1.165) is 6.42 Å². The third kappa shape index (κ3) is 3.37. The molecule has 0 aliphatic heterocycles. The van der Waals surface area contributed by atoms with E-state index in [2.05, 4.69) is 12.6 Å². The number of thiol groups is 1. The topological polar surface area (TPSA) is 17.1 Å². The van der Waals surface area contributed by atoms with Crippen LogP contribution < -0.4 is 0 Å². The van der Waals surface area contributed by atoms with Gasteiger partial charge < -0.3 is 0 Å². The van der Waals surface area contributed by atoms with Crippen LogP contribution in [0.2, 0.25) is 5.02 Å². The summed E-state index contributed by atoms with van der Waals surface area (Å²) in [6.07, 6.45) is 1.23. The van der Waals surface area contributed by atoms with Gasteiger partial charge in [0.05, 0.1) is 0 Å². The lowest BCUT2D eigenvalue weighted by Crippen LogP contribution is -2.02. The summed E-state index contributed by atoms with van der Waals surface area (Å²) in [6.45, 7) is 0. The molecule has 0 heterocycles. The Hall–Kier alpha value is -1.25. The van der Waals surface area contributed by atoms with Crippen LogP contribution in [0.15, 0.2) is 53.4 Å². The van der Waals surface area contributed by atoms with E-state index in [1.54, 1.807) is 18.2 Å². The van der Waals surface area contributed by atoms with Gasteiger partial charge in [-0.25, -0.2) is 0 Å². The fourth-order valence-corrected chi connectivity index (χ4v) is 2.36. The maximum absolute atomic E-state index is 12.1. The summed E-state index contributed by atoms with van der Waals surface area (Å²) in [6, 6.07) is 15.1. The number of carbonyl (C=O) groups is 1. The van der Waals surface area contributed by atoms with Gasteiger partial charge in [-0.1, -0.05) is 41.9 Å². The zero-order chi connectivity index (χ0) is 13.0. The predicted octanol–water partition coefficient (Wildman–Crippen LogP) is 4.44. The normalized spacial score (nSPS) is 10.3. The third-order valence-corrected chi connectivity index (χ3v) is 3.35. The van der Waals surface area contributed by atoms with Crippen molar-refractivity contribution in [2.45, 2.75) is 17.7 Å². The number of rotatable bonds is 4. The third-order valence-electron chi connectivity index (χ3n) is 2.74. The second kappa shape index (κ2) is 6.07. The van der Waals surface area contributed by atoms with Crippen molar-refractivity contribution in [3.63, 3.8) is 0 Å². The lowest BCUT2D eigenvalue weighted by Gasteiger charge is -2.05. The van der Waals surface area contributed by atoms with Gasteiger partial charge >= 0.3 is 0 Å². The Labute approximate surface area is 117 Å². The van der Waals surface area contributed by atoms with E-state index in [0.29, 0.717) is 21.9 Å². The van der Waals surface area contributed by atoms with Crippen molar-refractivity contribution in [2.24, 2.45) is 0 Å². The second-order valence-electron chi connectivity index (χ2n) is 4.07. The molecule has 0 fully saturated rings. The van der Waals surface area contributed by atoms with Crippen LogP contribution in [0.25, 0.3) is 0 Å². The number of ketones is 1. The molecule has 0 aliphatic carbocycles. The van der Waals surface area contributed by atoms with Crippen molar-refractivity contribution in [1.82, 2.24) is 0 Å². The summed E-state index contributed by atoms with van der Waals surface area (Å²) < 4.78 is 0. The van der Waals surface area contributed by atoms with Gasteiger partial charge in [0.2, 0.25) is 0 Å². The summed E-state index contributed by atoms with van der Waals surface area (Å²) in [4.78, 5) is 12.7. The highest BCUT2D eigenvalue weighted by Crippen LogP contribution is 2.21. The maximum atomic E-state index is 12.1. The van der Waals surface area contributed by atoms with Crippen molar-refractivity contribution in [3.05, 3.63) is 64.7 Å². The van der Waals surface area contributed by atoms with Crippen LogP contribution in [0.3, 0.4) is 0 Å². The number of Topliss-reactive ketones (excluding diaryl/α,β-unsaturated/α-hetero) is 1. The summed E-state index contributed by atoms with van der Waals surface area (Å²) in [5, 5.41) is 0.597. The first kappa shape index (κ1) is 13.2. The molecule has 2 aromatic rings. The number of carbonyl (C=O) groups excluding carboxylic acids is 1. The van der Waals surface area contributed by atoms with Gasteiger partial charge in [-0.05, 0) is 30.2 Å². The minimum Gasteiger partial charge on any atom is -0.294 e. The Bertz CT molecular complexity index is 552.